The number of methoxy groups -OCH3 is 1. The number of anilines is 1. The molecule has 1 atom stereocenters. The van der Waals surface area contributed by atoms with Gasteiger partial charge in [0.2, 0.25) is 0 Å². The van der Waals surface area contributed by atoms with Crippen LogP contribution in [0.1, 0.15) is 22.2 Å². The van der Waals surface area contributed by atoms with Crippen molar-refractivity contribution in [1.82, 2.24) is 4.98 Å². The number of aromatic amines is 1. The first-order valence-electron chi connectivity index (χ1n) is 8.43. The zero-order chi connectivity index (χ0) is 20.2. The maximum atomic E-state index is 9.39. The summed E-state index contributed by atoms with van der Waals surface area (Å²) >= 11 is 5.12. The van der Waals surface area contributed by atoms with E-state index in [-0.39, 0.29) is 28.2 Å². The number of hydrogen-bond donors (Lipinski definition) is 2. The maximum absolute atomic E-state index is 9.39. The number of nitrogens with zero attached hydrogens (tertiary/aromatic N) is 2. The third-order valence-corrected chi connectivity index (χ3v) is 3.60. The molecule has 0 aliphatic carbocycles. The second kappa shape index (κ2) is 7.60. The average Bonchev–Trinajstić information content (AvgIpc) is 2.58. The number of nitriles is 2. The van der Waals surface area contributed by atoms with E-state index in [0.29, 0.717) is 16.9 Å². The van der Waals surface area contributed by atoms with E-state index in [1.807, 2.05) is 12.1 Å². The highest BCUT2D eigenvalue weighted by molar-refractivity contribution is 7.71. The van der Waals surface area contributed by atoms with Crippen molar-refractivity contribution >= 4 is 18.0 Å². The lowest BCUT2D eigenvalue weighted by Crippen LogP contribution is -2.15. The van der Waals surface area contributed by atoms with Crippen molar-refractivity contribution in [2.24, 2.45) is 0 Å². The minimum Gasteiger partial charge on any atom is -0.491 e. The van der Waals surface area contributed by atoms with Crippen LogP contribution < -0.4 is 10.5 Å². The van der Waals surface area contributed by atoms with Crippen molar-refractivity contribution in [2.75, 3.05) is 19.4 Å². The van der Waals surface area contributed by atoms with E-state index in [1.165, 1.54) is 0 Å². The number of pyridine rings is 1. The van der Waals surface area contributed by atoms with Gasteiger partial charge in [-0.3, -0.25) is 0 Å². The fourth-order valence-corrected chi connectivity index (χ4v) is 2.36. The van der Waals surface area contributed by atoms with Crippen LogP contribution in [-0.2, 0) is 4.74 Å². The van der Waals surface area contributed by atoms with Gasteiger partial charge in [0.15, 0.2) is 0 Å². The predicted octanol–water partition coefficient (Wildman–Crippen LogP) is 3.15. The number of H-pyrrole nitrogens is 1. The average molecular weight is 343 g/mol. The number of aromatic nitrogens is 1. The third kappa shape index (κ3) is 3.54. The molecule has 0 radical (unpaired) electrons. The summed E-state index contributed by atoms with van der Waals surface area (Å²) in [7, 11) is -2.49. The zero-order valence-corrected chi connectivity index (χ0v) is 13.6. The van der Waals surface area contributed by atoms with Crippen molar-refractivity contribution in [1.29, 1.82) is 10.5 Å². The molecular formula is C17H16N4O2S. The van der Waals surface area contributed by atoms with Crippen molar-refractivity contribution in [3.05, 3.63) is 40.0 Å². The van der Waals surface area contributed by atoms with Gasteiger partial charge in [-0.05, 0) is 24.6 Å². The smallest absolute Gasteiger partial charge is 0.123 e. The maximum Gasteiger partial charge on any atom is 0.123 e. The molecule has 1 heterocycles. The molecule has 24 heavy (non-hydrogen) atoms. The van der Waals surface area contributed by atoms with Crippen molar-refractivity contribution in [3.63, 3.8) is 0 Å². The first-order valence-corrected chi connectivity index (χ1v) is 7.34. The molecule has 2 aromatic rings. The minimum absolute atomic E-state index is 0.0498. The highest BCUT2D eigenvalue weighted by Gasteiger charge is 2.16. The van der Waals surface area contributed by atoms with Crippen molar-refractivity contribution < 1.29 is 13.6 Å². The Kier molecular flexibility index (Phi) is 4.29. The highest BCUT2D eigenvalue weighted by Crippen LogP contribution is 2.31. The molecule has 3 N–H and O–H groups in total. The van der Waals surface area contributed by atoms with Gasteiger partial charge in [0.25, 0.3) is 0 Å². The van der Waals surface area contributed by atoms with Crippen LogP contribution in [0.15, 0.2) is 24.3 Å². The van der Waals surface area contributed by atoms with E-state index >= 15 is 0 Å². The number of hydrogen-bond acceptors (Lipinski definition) is 6. The Morgan fingerprint density at radius 1 is 1.29 bits per heavy atom. The summed E-state index contributed by atoms with van der Waals surface area (Å²) in [6, 6.07) is 10.6. The van der Waals surface area contributed by atoms with Crippen LogP contribution in [-0.4, -0.2) is 24.7 Å². The van der Waals surface area contributed by atoms with Gasteiger partial charge in [-0.25, -0.2) is 0 Å². The SMILES string of the molecule is [2H]C([2H])([2H])O[C@H](C)COc1ccc(-c2c(C#N)c(N)[nH]c(=S)c2C#N)cc1. The van der Waals surface area contributed by atoms with E-state index in [0.717, 1.165) is 0 Å². The molecule has 0 saturated carbocycles. The summed E-state index contributed by atoms with van der Waals surface area (Å²) < 4.78 is 31.7. The lowest BCUT2D eigenvalue weighted by molar-refractivity contribution is 0.0717. The van der Waals surface area contributed by atoms with Gasteiger partial charge in [0.1, 0.15) is 40.5 Å². The number of nitrogens with one attached hydrogen (secondary N) is 1. The van der Waals surface area contributed by atoms with Crippen LogP contribution in [0, 0.1) is 27.3 Å². The van der Waals surface area contributed by atoms with E-state index < -0.39 is 13.1 Å². The molecule has 0 fully saturated rings. The van der Waals surface area contributed by atoms with Gasteiger partial charge in [0.05, 0.1) is 15.8 Å². The van der Waals surface area contributed by atoms with Crippen LogP contribution in [0.3, 0.4) is 0 Å². The molecule has 7 heteroatoms. The molecule has 0 aliphatic heterocycles. The van der Waals surface area contributed by atoms with Gasteiger partial charge >= 0.3 is 0 Å². The first kappa shape index (κ1) is 13.6. The quantitative estimate of drug-likeness (QED) is 0.807. The first-order chi connectivity index (χ1) is 12.7. The van der Waals surface area contributed by atoms with Crippen LogP contribution in [0.4, 0.5) is 5.82 Å². The van der Waals surface area contributed by atoms with Gasteiger partial charge < -0.3 is 20.2 Å². The van der Waals surface area contributed by atoms with Crippen molar-refractivity contribution in [2.45, 2.75) is 13.0 Å². The molecule has 0 saturated heterocycles. The third-order valence-electron chi connectivity index (χ3n) is 3.30. The Morgan fingerprint density at radius 3 is 2.54 bits per heavy atom. The van der Waals surface area contributed by atoms with Gasteiger partial charge in [-0.1, -0.05) is 24.4 Å². The fraction of sp³-hybridized carbons (Fsp3) is 0.235. The standard InChI is InChI=1S/C17H16N4O2S/c1-10(22-2)9-23-12-5-3-11(4-6-12)15-13(7-18)16(20)21-17(24)14(15)8-19/h3-6,10H,9H2,1-2H3,(H3,20,21,24)/t10-/m1/s1/i2D3. The van der Waals surface area contributed by atoms with E-state index in [4.69, 9.17) is 31.5 Å². The molecule has 1 aromatic carbocycles. The Morgan fingerprint density at radius 2 is 1.96 bits per heavy atom. The van der Waals surface area contributed by atoms with Gasteiger partial charge in [-0.2, -0.15) is 10.5 Å². The topological polar surface area (TPSA) is 108 Å². The molecule has 0 spiro atoms. The number of nitrogen functional groups attached to an aromatic ring is 1. The summed E-state index contributed by atoms with van der Waals surface area (Å²) in [6.07, 6.45) is -0.625. The lowest BCUT2D eigenvalue weighted by atomic mass is 9.97. The van der Waals surface area contributed by atoms with Gasteiger partial charge in [-0.15, -0.1) is 0 Å². The van der Waals surface area contributed by atoms with E-state index in [2.05, 4.69) is 4.98 Å². The number of rotatable bonds is 5. The number of ether oxygens (including phenoxy) is 2. The lowest BCUT2D eigenvalue weighted by Gasteiger charge is -2.13. The molecule has 1 aromatic heterocycles. The summed E-state index contributed by atoms with van der Waals surface area (Å²) in [4.78, 5) is 2.65. The fourth-order valence-electron chi connectivity index (χ4n) is 2.10. The van der Waals surface area contributed by atoms with E-state index in [9.17, 15) is 10.5 Å². The molecule has 0 amide bonds. The van der Waals surface area contributed by atoms with Crippen LogP contribution in [0.2, 0.25) is 0 Å². The molecule has 0 aliphatic rings. The minimum atomic E-state index is -2.49. The molecule has 6 nitrogen and oxygen atoms in total. The Labute approximate surface area is 149 Å². The zero-order valence-electron chi connectivity index (χ0n) is 15.8. The molecule has 0 unspecified atom stereocenters. The summed E-state index contributed by atoms with van der Waals surface area (Å²) in [5, 5.41) is 18.8. The summed E-state index contributed by atoms with van der Waals surface area (Å²) in [5.74, 6) is 0.568. The second-order valence-electron chi connectivity index (χ2n) is 4.98. The summed E-state index contributed by atoms with van der Waals surface area (Å²) in [6.45, 7) is 1.64. The van der Waals surface area contributed by atoms with Crippen LogP contribution in [0.25, 0.3) is 11.1 Å². The normalized spacial score (nSPS) is 13.7. The second-order valence-corrected chi connectivity index (χ2v) is 5.39. The molecule has 122 valence electrons. The van der Waals surface area contributed by atoms with Crippen LogP contribution in [0.5, 0.6) is 5.75 Å². The number of benzene rings is 1. The number of nitrogens with two attached hydrogens (primary N) is 1. The highest BCUT2D eigenvalue weighted by atomic mass is 32.1. The van der Waals surface area contributed by atoms with Crippen molar-refractivity contribution in [3.8, 4) is 29.0 Å². The predicted molar refractivity (Wildman–Crippen MR) is 92.9 cm³/mol. The van der Waals surface area contributed by atoms with Gasteiger partial charge in [0, 0.05) is 12.6 Å². The van der Waals surface area contributed by atoms with E-state index in [1.54, 1.807) is 31.2 Å². The summed E-state index contributed by atoms with van der Waals surface area (Å²) in [5.41, 5.74) is 7.04. The monoisotopic (exact) mass is 343 g/mol. The van der Waals surface area contributed by atoms with Crippen LogP contribution >= 0.6 is 12.2 Å². The largest absolute Gasteiger partial charge is 0.491 e. The molecule has 0 bridgehead atoms. The Bertz CT molecular complexity index is 972. The Hall–Kier alpha value is -2.87. The Balaban J connectivity index is 2.28. The molecular weight excluding hydrogens is 324 g/mol. The molecule has 2 rings (SSSR count).